The molecule has 0 atom stereocenters. The van der Waals surface area contributed by atoms with Crippen molar-refractivity contribution in [2.75, 3.05) is 22.6 Å². The minimum Gasteiger partial charge on any atom is -0.495 e. The number of nitrogens with zero attached hydrogens (tertiary/aromatic N) is 1. The second-order valence-electron chi connectivity index (χ2n) is 8.85. The number of hydrogen-bond acceptors (Lipinski definition) is 6. The summed E-state index contributed by atoms with van der Waals surface area (Å²) in [6.07, 6.45) is 0. The molecule has 0 bridgehead atoms. The molecule has 41 heavy (non-hydrogen) atoms. The van der Waals surface area contributed by atoms with Crippen molar-refractivity contribution in [2.24, 2.45) is 0 Å². The van der Waals surface area contributed by atoms with Gasteiger partial charge in [0.1, 0.15) is 16.5 Å². The molecule has 1 heterocycles. The number of para-hydroxylation sites is 2. The maximum absolute atomic E-state index is 13.2. The van der Waals surface area contributed by atoms with Gasteiger partial charge >= 0.3 is 0 Å². The van der Waals surface area contributed by atoms with E-state index in [-0.39, 0.29) is 39.0 Å². The highest BCUT2D eigenvalue weighted by Gasteiger charge is 2.40. The highest BCUT2D eigenvalue weighted by atomic mass is 35.5. The maximum Gasteiger partial charge on any atom is 0.283 e. The SMILES string of the molecule is COc1ccccc1N1C(=O)C(Cl)=C(Nc2cccc(C(=O)Nc3ccc(Cl)cc3C(=O)c3ccccc3)c2)C1=O. The third-order valence-corrected chi connectivity index (χ3v) is 6.84. The Balaban J connectivity index is 1.37. The highest BCUT2D eigenvalue weighted by Crippen LogP contribution is 2.35. The van der Waals surface area contributed by atoms with E-state index in [4.69, 9.17) is 27.9 Å². The van der Waals surface area contributed by atoms with Crippen molar-refractivity contribution >= 4 is 63.8 Å². The number of nitrogens with one attached hydrogen (secondary N) is 2. The van der Waals surface area contributed by atoms with E-state index in [9.17, 15) is 19.2 Å². The van der Waals surface area contributed by atoms with Gasteiger partial charge < -0.3 is 15.4 Å². The van der Waals surface area contributed by atoms with Crippen LogP contribution >= 0.6 is 23.2 Å². The van der Waals surface area contributed by atoms with Crippen molar-refractivity contribution in [3.63, 3.8) is 0 Å². The van der Waals surface area contributed by atoms with Gasteiger partial charge in [-0.1, -0.05) is 71.7 Å². The molecule has 5 rings (SSSR count). The number of hydrogen-bond donors (Lipinski definition) is 2. The fraction of sp³-hybridized carbons (Fsp3) is 0.0323. The monoisotopic (exact) mass is 585 g/mol. The van der Waals surface area contributed by atoms with Crippen molar-refractivity contribution in [1.82, 2.24) is 0 Å². The number of methoxy groups -OCH3 is 1. The molecule has 4 aromatic carbocycles. The van der Waals surface area contributed by atoms with Crippen LogP contribution in [0.1, 0.15) is 26.3 Å². The van der Waals surface area contributed by atoms with Gasteiger partial charge in [-0.25, -0.2) is 4.90 Å². The second kappa shape index (κ2) is 11.7. The molecule has 10 heteroatoms. The van der Waals surface area contributed by atoms with Crippen LogP contribution < -0.4 is 20.3 Å². The van der Waals surface area contributed by atoms with E-state index in [0.717, 1.165) is 4.90 Å². The predicted octanol–water partition coefficient (Wildman–Crippen LogP) is 6.27. The molecule has 2 N–H and O–H groups in total. The number of carbonyl (C=O) groups excluding carboxylic acids is 4. The van der Waals surface area contributed by atoms with Crippen LogP contribution in [0.25, 0.3) is 0 Å². The summed E-state index contributed by atoms with van der Waals surface area (Å²) in [4.78, 5) is 53.4. The average Bonchev–Trinajstić information content (AvgIpc) is 3.20. The molecule has 204 valence electrons. The smallest absolute Gasteiger partial charge is 0.283 e. The molecule has 4 aromatic rings. The molecule has 0 fully saturated rings. The van der Waals surface area contributed by atoms with Crippen molar-refractivity contribution in [2.45, 2.75) is 0 Å². The van der Waals surface area contributed by atoms with Gasteiger partial charge in [0.05, 0.1) is 18.5 Å². The normalized spacial score (nSPS) is 12.9. The van der Waals surface area contributed by atoms with Crippen molar-refractivity contribution in [3.8, 4) is 5.75 Å². The summed E-state index contributed by atoms with van der Waals surface area (Å²) in [5, 5.41) is 5.67. The first kappa shape index (κ1) is 27.6. The topological polar surface area (TPSA) is 105 Å². The van der Waals surface area contributed by atoms with E-state index >= 15 is 0 Å². The molecule has 3 amide bonds. The Labute approximate surface area is 245 Å². The van der Waals surface area contributed by atoms with E-state index in [1.54, 1.807) is 84.9 Å². The zero-order valence-corrected chi connectivity index (χ0v) is 23.0. The second-order valence-corrected chi connectivity index (χ2v) is 9.67. The number of halogens is 2. The summed E-state index contributed by atoms with van der Waals surface area (Å²) in [5.74, 6) is -1.88. The van der Waals surface area contributed by atoms with Crippen LogP contribution in [-0.4, -0.2) is 30.6 Å². The summed E-state index contributed by atoms with van der Waals surface area (Å²) in [7, 11) is 1.43. The van der Waals surface area contributed by atoms with Gasteiger partial charge in [-0.05, 0) is 48.5 Å². The first-order valence-corrected chi connectivity index (χ1v) is 13.0. The minimum absolute atomic E-state index is 0.145. The number of anilines is 3. The molecule has 1 aliphatic rings. The van der Waals surface area contributed by atoms with Crippen LogP contribution in [0, 0.1) is 0 Å². The summed E-state index contributed by atoms with van der Waals surface area (Å²) >= 11 is 12.4. The van der Waals surface area contributed by atoms with E-state index in [2.05, 4.69) is 10.6 Å². The fourth-order valence-corrected chi connectivity index (χ4v) is 4.66. The van der Waals surface area contributed by atoms with Gasteiger partial charge in [-0.3, -0.25) is 19.2 Å². The molecule has 0 radical (unpaired) electrons. The third-order valence-electron chi connectivity index (χ3n) is 6.26. The first-order chi connectivity index (χ1) is 19.8. The Hall–Kier alpha value is -4.92. The maximum atomic E-state index is 13.2. The van der Waals surface area contributed by atoms with Gasteiger partial charge in [0, 0.05) is 27.4 Å². The van der Waals surface area contributed by atoms with Crippen LogP contribution in [0.5, 0.6) is 5.75 Å². The number of amides is 3. The van der Waals surface area contributed by atoms with Crippen LogP contribution in [0.4, 0.5) is 17.1 Å². The number of benzene rings is 4. The van der Waals surface area contributed by atoms with Crippen LogP contribution in [-0.2, 0) is 9.59 Å². The fourth-order valence-electron chi connectivity index (χ4n) is 4.28. The van der Waals surface area contributed by atoms with Crippen LogP contribution in [0.2, 0.25) is 5.02 Å². The zero-order valence-electron chi connectivity index (χ0n) is 21.5. The first-order valence-electron chi connectivity index (χ1n) is 12.3. The summed E-state index contributed by atoms with van der Waals surface area (Å²) in [6, 6.07) is 26.1. The van der Waals surface area contributed by atoms with E-state index in [1.165, 1.54) is 19.2 Å². The van der Waals surface area contributed by atoms with Crippen LogP contribution in [0.15, 0.2) is 108 Å². The number of rotatable bonds is 8. The van der Waals surface area contributed by atoms with Crippen LogP contribution in [0.3, 0.4) is 0 Å². The largest absolute Gasteiger partial charge is 0.495 e. The molecule has 0 aromatic heterocycles. The van der Waals surface area contributed by atoms with E-state index in [1.807, 2.05) is 0 Å². The van der Waals surface area contributed by atoms with E-state index < -0.39 is 17.7 Å². The van der Waals surface area contributed by atoms with Gasteiger partial charge in [-0.15, -0.1) is 0 Å². The molecular formula is C31H21Cl2N3O5. The lowest BCUT2D eigenvalue weighted by Gasteiger charge is -2.18. The molecule has 0 aliphatic carbocycles. The van der Waals surface area contributed by atoms with Crippen molar-refractivity contribution in [1.29, 1.82) is 0 Å². The van der Waals surface area contributed by atoms with Crippen molar-refractivity contribution in [3.05, 3.63) is 130 Å². The molecule has 0 spiro atoms. The average molecular weight is 586 g/mol. The zero-order chi connectivity index (χ0) is 29.1. The number of ketones is 1. The molecule has 0 unspecified atom stereocenters. The van der Waals surface area contributed by atoms with Gasteiger partial charge in [-0.2, -0.15) is 0 Å². The third kappa shape index (κ3) is 5.56. The highest BCUT2D eigenvalue weighted by molar-refractivity contribution is 6.53. The Kier molecular flexibility index (Phi) is 7.87. The number of ether oxygens (including phenoxy) is 1. The number of imide groups is 1. The van der Waals surface area contributed by atoms with Gasteiger partial charge in [0.25, 0.3) is 17.7 Å². The number of carbonyl (C=O) groups is 4. The molecule has 0 saturated heterocycles. The summed E-state index contributed by atoms with van der Waals surface area (Å²) in [5.41, 5.74) is 1.62. The Morgan fingerprint density at radius 2 is 1.49 bits per heavy atom. The van der Waals surface area contributed by atoms with Gasteiger partial charge in [0.2, 0.25) is 0 Å². The quantitative estimate of drug-likeness (QED) is 0.186. The Morgan fingerprint density at radius 1 is 0.780 bits per heavy atom. The lowest BCUT2D eigenvalue weighted by molar-refractivity contribution is -0.120. The van der Waals surface area contributed by atoms with E-state index in [0.29, 0.717) is 22.0 Å². The molecular weight excluding hydrogens is 565 g/mol. The Bertz CT molecular complexity index is 1740. The Morgan fingerprint density at radius 3 is 2.24 bits per heavy atom. The summed E-state index contributed by atoms with van der Waals surface area (Å²) < 4.78 is 5.29. The van der Waals surface area contributed by atoms with Gasteiger partial charge in [0.15, 0.2) is 5.78 Å². The van der Waals surface area contributed by atoms with Crippen molar-refractivity contribution < 1.29 is 23.9 Å². The summed E-state index contributed by atoms with van der Waals surface area (Å²) in [6.45, 7) is 0. The molecule has 8 nitrogen and oxygen atoms in total. The molecule has 0 saturated carbocycles. The minimum atomic E-state index is -0.712. The standard InChI is InChI=1S/C31H21Cl2N3O5/c1-41-25-13-6-5-12-24(25)36-30(39)26(33)27(31(36)40)34-21-11-7-10-19(16-21)29(38)35-23-15-14-20(32)17-22(23)28(37)18-8-3-2-4-9-18/h2-17,34H,1H3,(H,35,38). The lowest BCUT2D eigenvalue weighted by Crippen LogP contribution is -2.32. The lowest BCUT2D eigenvalue weighted by atomic mass is 10.0. The molecule has 1 aliphatic heterocycles. The predicted molar refractivity (Wildman–Crippen MR) is 158 cm³/mol.